The van der Waals surface area contributed by atoms with Gasteiger partial charge in [0.15, 0.2) is 0 Å². The van der Waals surface area contributed by atoms with Crippen LogP contribution in [0.3, 0.4) is 0 Å². The Kier molecular flexibility index (Phi) is 2.74. The number of hydrogen-bond acceptors (Lipinski definition) is 3. The molecule has 2 aliphatic heterocycles. The average molecular weight is 199 g/mol. The molecule has 1 N–H and O–H groups in total. The summed E-state index contributed by atoms with van der Waals surface area (Å²) in [6.45, 7) is 4.30. The quantitative estimate of drug-likeness (QED) is 0.673. The van der Waals surface area contributed by atoms with Gasteiger partial charge in [0.05, 0.1) is 12.0 Å². The van der Waals surface area contributed by atoms with E-state index in [1.54, 1.807) is 0 Å². The first-order valence-corrected chi connectivity index (χ1v) is 5.23. The molecule has 2 fully saturated rings. The first-order valence-electron chi connectivity index (χ1n) is 5.23. The summed E-state index contributed by atoms with van der Waals surface area (Å²) in [5, 5.41) is 8.84. The summed E-state index contributed by atoms with van der Waals surface area (Å²) in [6.07, 6.45) is 0.913. The maximum absolute atomic E-state index is 11.9. The van der Waals surface area contributed by atoms with Gasteiger partial charge in [0, 0.05) is 32.2 Å². The van der Waals surface area contributed by atoms with Gasteiger partial charge in [-0.15, -0.1) is 0 Å². The Hall–Kier alpha value is -0.610. The second kappa shape index (κ2) is 3.87. The molecule has 0 aromatic rings. The second-order valence-electron chi connectivity index (χ2n) is 4.26. The molecule has 14 heavy (non-hydrogen) atoms. The van der Waals surface area contributed by atoms with E-state index >= 15 is 0 Å². The Morgan fingerprint density at radius 3 is 2.79 bits per heavy atom. The minimum absolute atomic E-state index is 0.0506. The van der Waals surface area contributed by atoms with Gasteiger partial charge in [-0.3, -0.25) is 4.79 Å². The maximum Gasteiger partial charge on any atom is 0.228 e. The largest absolute Gasteiger partial charge is 0.396 e. The third-order valence-electron chi connectivity index (χ3n) is 3.22. The van der Waals surface area contributed by atoms with Crippen molar-refractivity contribution in [1.29, 1.82) is 0 Å². The predicted molar refractivity (Wildman–Crippen MR) is 50.7 cm³/mol. The van der Waals surface area contributed by atoms with E-state index in [-0.39, 0.29) is 24.5 Å². The van der Waals surface area contributed by atoms with Gasteiger partial charge in [0.25, 0.3) is 0 Å². The van der Waals surface area contributed by atoms with Gasteiger partial charge < -0.3 is 14.7 Å². The Morgan fingerprint density at radius 1 is 1.57 bits per heavy atom. The van der Waals surface area contributed by atoms with Crippen LogP contribution >= 0.6 is 0 Å². The number of likely N-dealkylation sites (tertiary alicyclic amines) is 1. The van der Waals surface area contributed by atoms with Crippen molar-refractivity contribution in [3.05, 3.63) is 0 Å². The number of aliphatic hydroxyl groups is 1. The van der Waals surface area contributed by atoms with E-state index < -0.39 is 0 Å². The van der Waals surface area contributed by atoms with Gasteiger partial charge in [-0.1, -0.05) is 0 Å². The molecule has 0 radical (unpaired) electrons. The Morgan fingerprint density at radius 2 is 2.29 bits per heavy atom. The smallest absolute Gasteiger partial charge is 0.228 e. The number of hydrogen-bond donors (Lipinski definition) is 1. The summed E-state index contributed by atoms with van der Waals surface area (Å²) >= 11 is 0. The minimum Gasteiger partial charge on any atom is -0.396 e. The van der Waals surface area contributed by atoms with Crippen LogP contribution in [0.15, 0.2) is 0 Å². The van der Waals surface area contributed by atoms with E-state index in [1.165, 1.54) is 0 Å². The zero-order chi connectivity index (χ0) is 10.1. The Labute approximate surface area is 83.8 Å². The van der Waals surface area contributed by atoms with Crippen molar-refractivity contribution in [2.45, 2.75) is 19.4 Å². The lowest BCUT2D eigenvalue weighted by Gasteiger charge is -2.40. The molecule has 0 aromatic carbocycles. The van der Waals surface area contributed by atoms with Crippen molar-refractivity contribution >= 4 is 5.91 Å². The molecule has 0 aliphatic carbocycles. The summed E-state index contributed by atoms with van der Waals surface area (Å²) < 4.78 is 5.36. The zero-order valence-corrected chi connectivity index (χ0v) is 8.48. The van der Waals surface area contributed by atoms with Gasteiger partial charge in [-0.25, -0.2) is 0 Å². The number of ether oxygens (including phenoxy) is 1. The molecule has 2 unspecified atom stereocenters. The van der Waals surface area contributed by atoms with Crippen LogP contribution in [0.1, 0.15) is 13.3 Å². The molecular weight excluding hydrogens is 182 g/mol. The van der Waals surface area contributed by atoms with Crippen molar-refractivity contribution in [3.8, 4) is 0 Å². The van der Waals surface area contributed by atoms with Crippen molar-refractivity contribution in [2.24, 2.45) is 11.8 Å². The van der Waals surface area contributed by atoms with E-state index in [0.29, 0.717) is 12.5 Å². The first-order chi connectivity index (χ1) is 6.72. The topological polar surface area (TPSA) is 49.8 Å². The summed E-state index contributed by atoms with van der Waals surface area (Å²) in [6, 6.07) is 0. The minimum atomic E-state index is 0.0506. The third kappa shape index (κ3) is 1.64. The van der Waals surface area contributed by atoms with Gasteiger partial charge in [-0.2, -0.15) is 0 Å². The number of aliphatic hydroxyl groups excluding tert-OH is 1. The Balaban J connectivity index is 1.84. The zero-order valence-electron chi connectivity index (χ0n) is 8.48. The lowest BCUT2D eigenvalue weighted by molar-refractivity contribution is -0.144. The average Bonchev–Trinajstić information content (AvgIpc) is 2.49. The van der Waals surface area contributed by atoms with Crippen LogP contribution in [0.4, 0.5) is 0 Å². The second-order valence-corrected chi connectivity index (χ2v) is 4.26. The Bertz CT molecular complexity index is 225. The monoisotopic (exact) mass is 199 g/mol. The molecule has 4 nitrogen and oxygen atoms in total. The van der Waals surface area contributed by atoms with Gasteiger partial charge in [0.1, 0.15) is 0 Å². The molecular formula is C10H17NO3. The molecule has 0 saturated carbocycles. The maximum atomic E-state index is 11.9. The van der Waals surface area contributed by atoms with E-state index in [9.17, 15) is 4.79 Å². The molecule has 0 aromatic heterocycles. The first kappa shape index (κ1) is 9.93. The highest BCUT2D eigenvalue weighted by Crippen LogP contribution is 2.26. The van der Waals surface area contributed by atoms with Crippen molar-refractivity contribution in [3.63, 3.8) is 0 Å². The molecule has 0 bridgehead atoms. The molecule has 2 atom stereocenters. The van der Waals surface area contributed by atoms with E-state index in [0.717, 1.165) is 19.5 Å². The number of carbonyl (C=O) groups is 1. The lowest BCUT2D eigenvalue weighted by Crippen LogP contribution is -2.54. The van der Waals surface area contributed by atoms with Crippen LogP contribution in [0.2, 0.25) is 0 Å². The van der Waals surface area contributed by atoms with Crippen LogP contribution in [0, 0.1) is 11.8 Å². The van der Waals surface area contributed by atoms with Crippen molar-refractivity contribution < 1.29 is 14.6 Å². The number of amides is 1. The van der Waals surface area contributed by atoms with Crippen LogP contribution in [0.5, 0.6) is 0 Å². The summed E-state index contributed by atoms with van der Waals surface area (Å²) in [5.41, 5.74) is 0. The summed E-state index contributed by atoms with van der Waals surface area (Å²) in [4.78, 5) is 13.7. The predicted octanol–water partition coefficient (Wildman–Crippen LogP) is -0.138. The highest BCUT2D eigenvalue weighted by atomic mass is 16.5. The van der Waals surface area contributed by atoms with E-state index in [4.69, 9.17) is 9.84 Å². The number of nitrogens with zero attached hydrogens (tertiary/aromatic N) is 1. The highest BCUT2D eigenvalue weighted by Gasteiger charge is 2.38. The van der Waals surface area contributed by atoms with Gasteiger partial charge in [-0.05, 0) is 13.3 Å². The third-order valence-corrected chi connectivity index (χ3v) is 3.22. The fourth-order valence-electron chi connectivity index (χ4n) is 2.16. The van der Waals surface area contributed by atoms with Gasteiger partial charge >= 0.3 is 0 Å². The fourth-order valence-corrected chi connectivity index (χ4v) is 2.16. The normalized spacial score (nSPS) is 33.1. The molecule has 4 heteroatoms. The van der Waals surface area contributed by atoms with Crippen LogP contribution in [0.25, 0.3) is 0 Å². The molecule has 80 valence electrons. The summed E-state index contributed by atoms with van der Waals surface area (Å²) in [5.74, 6) is 0.561. The summed E-state index contributed by atoms with van der Waals surface area (Å²) in [7, 11) is 0. The molecule has 2 heterocycles. The molecule has 2 aliphatic rings. The fraction of sp³-hybridized carbons (Fsp3) is 0.900. The van der Waals surface area contributed by atoms with Crippen LogP contribution < -0.4 is 0 Å². The molecule has 2 rings (SSSR count). The highest BCUT2D eigenvalue weighted by molar-refractivity contribution is 5.80. The molecule has 0 spiro atoms. The molecule has 1 amide bonds. The SMILES string of the molecule is CC1OCCC1C(=O)N1CC(CO)C1. The number of rotatable bonds is 2. The van der Waals surface area contributed by atoms with Crippen LogP contribution in [-0.2, 0) is 9.53 Å². The molecule has 2 saturated heterocycles. The van der Waals surface area contributed by atoms with E-state index in [1.807, 2.05) is 11.8 Å². The standard InChI is InChI=1S/C10H17NO3/c1-7-9(2-3-14-7)10(13)11-4-8(5-11)6-12/h7-9,12H,2-6H2,1H3. The van der Waals surface area contributed by atoms with E-state index in [2.05, 4.69) is 0 Å². The van der Waals surface area contributed by atoms with Crippen molar-refractivity contribution in [1.82, 2.24) is 4.90 Å². The van der Waals surface area contributed by atoms with Gasteiger partial charge in [0.2, 0.25) is 5.91 Å². The number of carbonyl (C=O) groups excluding carboxylic acids is 1. The van der Waals surface area contributed by atoms with Crippen LogP contribution in [-0.4, -0.2) is 48.3 Å². The lowest BCUT2D eigenvalue weighted by atomic mass is 9.95. The van der Waals surface area contributed by atoms with Crippen molar-refractivity contribution in [2.75, 3.05) is 26.3 Å².